The smallest absolute Gasteiger partial charge is 0.200 e. The van der Waals surface area contributed by atoms with Crippen LogP contribution in [0.25, 0.3) is 22.2 Å². The number of pyridine rings is 1. The van der Waals surface area contributed by atoms with Crippen molar-refractivity contribution in [2.75, 3.05) is 0 Å². The molecule has 0 spiro atoms. The first-order chi connectivity index (χ1) is 9.74. The number of nitrogens with zero attached hydrogens (tertiary/aromatic N) is 1. The molecule has 0 bridgehead atoms. The zero-order valence-electron chi connectivity index (χ0n) is 10.4. The minimum Gasteiger partial charge on any atom is -0.298 e. The molecule has 2 aromatic carbocycles. The number of aromatic nitrogens is 1. The topological polar surface area (TPSA) is 39.1 Å². The van der Waals surface area contributed by atoms with Gasteiger partial charge in [-0.1, -0.05) is 42.5 Å². The van der Waals surface area contributed by atoms with Crippen molar-refractivity contribution in [3.63, 3.8) is 0 Å². The molecule has 0 aliphatic rings. The van der Waals surface area contributed by atoms with E-state index in [4.69, 9.17) is 11.8 Å². The van der Waals surface area contributed by atoms with E-state index >= 15 is 0 Å². The molecule has 0 amide bonds. The van der Waals surface area contributed by atoms with Crippen LogP contribution in [-0.2, 0) is 0 Å². The van der Waals surface area contributed by atoms with Crippen LogP contribution in [-0.4, -0.2) is 10.4 Å². The van der Waals surface area contributed by atoms with Crippen LogP contribution in [0.15, 0.2) is 59.4 Å². The Hall–Kier alpha value is -2.39. The summed E-state index contributed by atoms with van der Waals surface area (Å²) < 4.78 is 1.37. The monoisotopic (exact) mass is 283 g/mol. The molecule has 0 radical (unpaired) electrons. The molecule has 0 aliphatic heterocycles. The Morgan fingerprint density at radius 3 is 2.30 bits per heavy atom. The maximum atomic E-state index is 12.4. The fraction of sp³-hybridized carbons (Fsp3) is 0. The second-order valence-electron chi connectivity index (χ2n) is 4.37. The summed E-state index contributed by atoms with van der Waals surface area (Å²) in [5, 5.41) is 0.435. The van der Waals surface area contributed by atoms with Crippen molar-refractivity contribution < 1.29 is 4.79 Å². The van der Waals surface area contributed by atoms with Crippen LogP contribution in [0, 0.1) is 0 Å². The Kier molecular flexibility index (Phi) is 3.12. The molecule has 0 atom stereocenters. The third-order valence-corrected chi connectivity index (χ3v) is 3.57. The summed E-state index contributed by atoms with van der Waals surface area (Å²) in [5.41, 5.74) is 1.51. The number of hydrogen-bond donors (Lipinski definition) is 0. The number of rotatable bonds is 2. The average Bonchev–Trinajstić information content (AvgIpc) is 2.51. The lowest BCUT2D eigenvalue weighted by atomic mass is 10.0. The van der Waals surface area contributed by atoms with Gasteiger partial charge in [0.15, 0.2) is 6.29 Å². The van der Waals surface area contributed by atoms with Gasteiger partial charge in [0, 0.05) is 22.7 Å². The molecule has 3 nitrogen and oxygen atoms in total. The number of carbonyl (C=O) groups is 1. The molecule has 1 aromatic heterocycles. The maximum Gasteiger partial charge on any atom is 0.200 e. The van der Waals surface area contributed by atoms with Gasteiger partial charge >= 0.3 is 0 Å². The van der Waals surface area contributed by atoms with Crippen LogP contribution in [0.3, 0.4) is 0 Å². The molecule has 0 saturated carbocycles. The van der Waals surface area contributed by atoms with Crippen LogP contribution < -0.4 is 5.43 Å². The summed E-state index contributed by atoms with van der Waals surface area (Å²) in [7, 11) is 0. The molecule has 1 heterocycles. The molecule has 0 unspecified atom stereocenters. The summed E-state index contributed by atoms with van der Waals surface area (Å²) in [6, 6.07) is 16.1. The van der Waals surface area contributed by atoms with Gasteiger partial charge in [-0.15, -0.1) is 0 Å². The van der Waals surface area contributed by atoms with Crippen LogP contribution in [0.5, 0.6) is 0 Å². The van der Waals surface area contributed by atoms with Crippen molar-refractivity contribution in [1.82, 2.24) is 4.09 Å². The zero-order valence-corrected chi connectivity index (χ0v) is 11.2. The lowest BCUT2D eigenvalue weighted by molar-refractivity contribution is 0.112. The van der Waals surface area contributed by atoms with E-state index < -0.39 is 0 Å². The summed E-state index contributed by atoms with van der Waals surface area (Å²) in [6.45, 7) is 0. The van der Waals surface area contributed by atoms with Gasteiger partial charge in [0.1, 0.15) is 0 Å². The van der Waals surface area contributed by atoms with Crippen molar-refractivity contribution in [1.29, 1.82) is 0 Å². The Balaban J connectivity index is 2.52. The number of benzene rings is 2. The van der Waals surface area contributed by atoms with Gasteiger partial charge in [-0.05, 0) is 12.1 Å². The number of halogens is 1. The van der Waals surface area contributed by atoms with Crippen molar-refractivity contribution >= 4 is 29.0 Å². The lowest BCUT2D eigenvalue weighted by Crippen LogP contribution is -2.14. The molecule has 0 fully saturated rings. The van der Waals surface area contributed by atoms with E-state index in [1.54, 1.807) is 24.3 Å². The largest absolute Gasteiger partial charge is 0.298 e. The summed E-state index contributed by atoms with van der Waals surface area (Å²) in [6.07, 6.45) is 0.565. The number of carbonyl (C=O) groups excluding carboxylic acids is 1. The first kappa shape index (κ1) is 12.6. The van der Waals surface area contributed by atoms with Gasteiger partial charge < -0.3 is 0 Å². The van der Waals surface area contributed by atoms with E-state index in [0.29, 0.717) is 22.9 Å². The maximum absolute atomic E-state index is 12.4. The minimum atomic E-state index is -0.300. The Labute approximate surface area is 120 Å². The van der Waals surface area contributed by atoms with Gasteiger partial charge in [-0.2, -0.15) is 0 Å². The number of fused-ring (bicyclic) bond motifs is 1. The predicted octanol–water partition coefficient (Wildman–Crippen LogP) is 3.48. The Morgan fingerprint density at radius 2 is 1.60 bits per heavy atom. The molecular weight excluding hydrogens is 274 g/mol. The van der Waals surface area contributed by atoms with Crippen LogP contribution in [0.1, 0.15) is 10.4 Å². The summed E-state index contributed by atoms with van der Waals surface area (Å²) in [5.74, 6) is 0. The SMILES string of the molecule is O=Cc1c(-c2ccccc2)n(Cl)c2ccccc2c1=O. The molecule has 98 valence electrons. The molecular formula is C16H10ClNO2. The van der Waals surface area contributed by atoms with Crippen molar-refractivity contribution in [3.05, 3.63) is 70.4 Å². The molecule has 3 rings (SSSR count). The highest BCUT2D eigenvalue weighted by atomic mass is 35.5. The first-order valence-electron chi connectivity index (χ1n) is 6.08. The van der Waals surface area contributed by atoms with E-state index in [1.807, 2.05) is 30.3 Å². The molecule has 20 heavy (non-hydrogen) atoms. The molecule has 3 aromatic rings. The van der Waals surface area contributed by atoms with Crippen molar-refractivity contribution in [2.45, 2.75) is 0 Å². The Morgan fingerprint density at radius 1 is 0.950 bits per heavy atom. The van der Waals surface area contributed by atoms with E-state index in [2.05, 4.69) is 0 Å². The summed E-state index contributed by atoms with van der Waals surface area (Å²) >= 11 is 6.35. The van der Waals surface area contributed by atoms with Crippen LogP contribution in [0.4, 0.5) is 0 Å². The zero-order chi connectivity index (χ0) is 14.1. The van der Waals surface area contributed by atoms with Crippen molar-refractivity contribution in [3.8, 4) is 11.3 Å². The highest BCUT2D eigenvalue weighted by Gasteiger charge is 2.16. The van der Waals surface area contributed by atoms with Gasteiger partial charge in [-0.3, -0.25) is 13.7 Å². The number of hydrogen-bond acceptors (Lipinski definition) is 2. The standard InChI is InChI=1S/C16H10ClNO2/c17-18-14-9-5-4-8-12(14)16(20)13(10-19)15(18)11-6-2-1-3-7-11/h1-10H. The predicted molar refractivity (Wildman–Crippen MR) is 80.3 cm³/mol. The second-order valence-corrected chi connectivity index (χ2v) is 4.71. The molecule has 0 N–H and O–H groups in total. The van der Waals surface area contributed by atoms with Crippen LogP contribution >= 0.6 is 11.8 Å². The highest BCUT2D eigenvalue weighted by Crippen LogP contribution is 2.26. The fourth-order valence-electron chi connectivity index (χ4n) is 2.29. The average molecular weight is 284 g/mol. The van der Waals surface area contributed by atoms with Crippen LogP contribution in [0.2, 0.25) is 0 Å². The molecule has 0 aliphatic carbocycles. The minimum absolute atomic E-state index is 0.0740. The Bertz CT molecular complexity index is 853. The van der Waals surface area contributed by atoms with Gasteiger partial charge in [0.2, 0.25) is 5.43 Å². The molecule has 0 saturated heterocycles. The first-order valence-corrected chi connectivity index (χ1v) is 6.42. The van der Waals surface area contributed by atoms with E-state index in [9.17, 15) is 9.59 Å². The lowest BCUT2D eigenvalue weighted by Gasteiger charge is -2.12. The molecule has 4 heteroatoms. The fourth-order valence-corrected chi connectivity index (χ4v) is 2.63. The van der Waals surface area contributed by atoms with Crippen molar-refractivity contribution in [2.24, 2.45) is 0 Å². The van der Waals surface area contributed by atoms with E-state index in [1.165, 1.54) is 4.09 Å². The third kappa shape index (κ3) is 1.84. The summed E-state index contributed by atoms with van der Waals surface area (Å²) in [4.78, 5) is 23.7. The quantitative estimate of drug-likeness (QED) is 0.676. The second kappa shape index (κ2) is 4.94. The highest BCUT2D eigenvalue weighted by molar-refractivity contribution is 6.21. The number of aldehydes is 1. The number of para-hydroxylation sites is 1. The third-order valence-electron chi connectivity index (χ3n) is 3.22. The van der Waals surface area contributed by atoms with Gasteiger partial charge in [0.25, 0.3) is 0 Å². The van der Waals surface area contributed by atoms with E-state index in [-0.39, 0.29) is 11.0 Å². The normalized spacial score (nSPS) is 10.7. The van der Waals surface area contributed by atoms with Gasteiger partial charge in [-0.25, -0.2) is 0 Å². The van der Waals surface area contributed by atoms with E-state index in [0.717, 1.165) is 5.56 Å². The van der Waals surface area contributed by atoms with Gasteiger partial charge in [0.05, 0.1) is 16.8 Å².